The Kier molecular flexibility index (Phi) is 5.62. The highest BCUT2D eigenvalue weighted by Gasteiger charge is 2.25. The van der Waals surface area contributed by atoms with Crippen molar-refractivity contribution < 1.29 is 9.53 Å². The molecule has 0 radical (unpaired) electrons. The molecule has 1 fully saturated rings. The first-order valence-electron chi connectivity index (χ1n) is 9.47. The lowest BCUT2D eigenvalue weighted by Crippen LogP contribution is -2.42. The number of thiophene rings is 1. The molecular weight excluding hydrogens is 388 g/mol. The second-order valence-electron chi connectivity index (χ2n) is 6.90. The van der Waals surface area contributed by atoms with E-state index in [-0.39, 0.29) is 17.5 Å². The third-order valence-electron chi connectivity index (χ3n) is 5.02. The molecule has 150 valence electrons. The van der Waals surface area contributed by atoms with Crippen molar-refractivity contribution in [3.05, 3.63) is 63.1 Å². The summed E-state index contributed by atoms with van der Waals surface area (Å²) in [6.45, 7) is 1.26. The summed E-state index contributed by atoms with van der Waals surface area (Å²) in [6.07, 6.45) is 1.54. The normalized spacial score (nSPS) is 14.6. The quantitative estimate of drug-likeness (QED) is 0.674. The van der Waals surface area contributed by atoms with Gasteiger partial charge in [-0.1, -0.05) is 12.1 Å². The third-order valence-corrected chi connectivity index (χ3v) is 5.70. The molecule has 4 rings (SSSR count). The maximum Gasteiger partial charge on any atom is 0.257 e. The molecule has 0 unspecified atom stereocenters. The van der Waals surface area contributed by atoms with Gasteiger partial charge in [0.15, 0.2) is 0 Å². The van der Waals surface area contributed by atoms with Gasteiger partial charge in [0.25, 0.3) is 11.5 Å². The lowest BCUT2D eigenvalue weighted by atomic mass is 10.0. The number of rotatable bonds is 5. The number of amides is 1. The summed E-state index contributed by atoms with van der Waals surface area (Å²) in [4.78, 5) is 34.0. The zero-order chi connectivity index (χ0) is 20.2. The van der Waals surface area contributed by atoms with Crippen LogP contribution in [-0.4, -0.2) is 47.0 Å². The minimum Gasteiger partial charge on any atom is -0.496 e. The largest absolute Gasteiger partial charge is 0.496 e. The highest BCUT2D eigenvalue weighted by molar-refractivity contribution is 7.08. The Morgan fingerprint density at radius 1 is 1.28 bits per heavy atom. The van der Waals surface area contributed by atoms with E-state index in [1.54, 1.807) is 30.6 Å². The van der Waals surface area contributed by atoms with E-state index in [4.69, 9.17) is 4.74 Å². The number of aromatic nitrogens is 2. The predicted molar refractivity (Wildman–Crippen MR) is 114 cm³/mol. The van der Waals surface area contributed by atoms with Gasteiger partial charge in [-0.25, -0.2) is 4.98 Å². The topological polar surface area (TPSA) is 87.3 Å². The number of likely N-dealkylation sites (tertiary alicyclic amines) is 1. The number of hydrogen-bond acceptors (Lipinski definition) is 6. The number of ether oxygens (including phenoxy) is 1. The van der Waals surface area contributed by atoms with Crippen LogP contribution in [0.15, 0.2) is 52.0 Å². The van der Waals surface area contributed by atoms with E-state index in [0.717, 1.165) is 18.4 Å². The highest BCUT2D eigenvalue weighted by Crippen LogP contribution is 2.23. The first-order valence-corrected chi connectivity index (χ1v) is 10.4. The number of nitrogens with zero attached hydrogens (tertiary/aromatic N) is 2. The van der Waals surface area contributed by atoms with Gasteiger partial charge >= 0.3 is 0 Å². The summed E-state index contributed by atoms with van der Waals surface area (Å²) in [5, 5.41) is 7.24. The van der Waals surface area contributed by atoms with Crippen molar-refractivity contribution >= 4 is 23.2 Å². The first-order chi connectivity index (χ1) is 14.1. The summed E-state index contributed by atoms with van der Waals surface area (Å²) in [7, 11) is 1.57. The molecule has 7 nitrogen and oxygen atoms in total. The predicted octanol–water partition coefficient (Wildman–Crippen LogP) is 3.22. The number of para-hydroxylation sites is 1. The van der Waals surface area contributed by atoms with Gasteiger partial charge < -0.3 is 15.0 Å². The second-order valence-corrected chi connectivity index (χ2v) is 7.68. The van der Waals surface area contributed by atoms with Gasteiger partial charge in [0, 0.05) is 36.1 Å². The molecule has 1 amide bonds. The van der Waals surface area contributed by atoms with Gasteiger partial charge in [-0.15, -0.1) is 0 Å². The molecule has 0 aliphatic carbocycles. The van der Waals surface area contributed by atoms with Gasteiger partial charge in [0.1, 0.15) is 5.75 Å². The number of H-pyrrole nitrogens is 1. The molecule has 2 N–H and O–H groups in total. The zero-order valence-corrected chi connectivity index (χ0v) is 16.9. The number of aromatic amines is 1. The molecule has 29 heavy (non-hydrogen) atoms. The van der Waals surface area contributed by atoms with E-state index >= 15 is 0 Å². The minimum atomic E-state index is -0.188. The fourth-order valence-corrected chi connectivity index (χ4v) is 4.15. The Morgan fingerprint density at radius 2 is 2.07 bits per heavy atom. The molecule has 0 spiro atoms. The number of benzene rings is 1. The Bertz CT molecular complexity index is 1040. The molecule has 0 atom stereocenters. The third kappa shape index (κ3) is 4.32. The van der Waals surface area contributed by atoms with Crippen molar-refractivity contribution in [1.29, 1.82) is 0 Å². The molecule has 0 bridgehead atoms. The van der Waals surface area contributed by atoms with Crippen LogP contribution in [0.4, 0.5) is 5.95 Å². The van der Waals surface area contributed by atoms with Crippen molar-refractivity contribution in [1.82, 2.24) is 14.9 Å². The van der Waals surface area contributed by atoms with Crippen LogP contribution in [0.2, 0.25) is 0 Å². The van der Waals surface area contributed by atoms with Crippen LogP contribution in [0.3, 0.4) is 0 Å². The summed E-state index contributed by atoms with van der Waals surface area (Å²) in [5.74, 6) is 1.03. The standard InChI is InChI=1S/C21H22N4O3S/c1-28-18-5-3-2-4-16(18)20(27)25-9-6-15(7-10-25)22-21-23-17(12-19(26)24-21)14-8-11-29-13-14/h2-5,8,11-13,15H,6-7,9-10H2,1H3,(H2,22,23,24,26). The summed E-state index contributed by atoms with van der Waals surface area (Å²) < 4.78 is 5.31. The number of methoxy groups -OCH3 is 1. The maximum absolute atomic E-state index is 12.8. The minimum absolute atomic E-state index is 0.0214. The van der Waals surface area contributed by atoms with Crippen molar-refractivity contribution in [2.45, 2.75) is 18.9 Å². The van der Waals surface area contributed by atoms with Crippen LogP contribution in [0, 0.1) is 0 Å². The molecule has 0 saturated carbocycles. The Morgan fingerprint density at radius 3 is 2.79 bits per heavy atom. The lowest BCUT2D eigenvalue weighted by molar-refractivity contribution is 0.0715. The highest BCUT2D eigenvalue weighted by atomic mass is 32.1. The number of piperidine rings is 1. The summed E-state index contributed by atoms with van der Waals surface area (Å²) >= 11 is 1.57. The number of anilines is 1. The van der Waals surface area contributed by atoms with Crippen molar-refractivity contribution in [2.75, 3.05) is 25.5 Å². The maximum atomic E-state index is 12.8. The molecule has 8 heteroatoms. The summed E-state index contributed by atoms with van der Waals surface area (Å²) in [6, 6.07) is 10.9. The van der Waals surface area contributed by atoms with Crippen LogP contribution < -0.4 is 15.6 Å². The van der Waals surface area contributed by atoms with E-state index in [9.17, 15) is 9.59 Å². The Labute approximate surface area is 172 Å². The SMILES string of the molecule is COc1ccccc1C(=O)N1CCC(Nc2nc(-c3ccsc3)cc(=O)[nH]2)CC1. The molecule has 1 aliphatic heterocycles. The smallest absolute Gasteiger partial charge is 0.257 e. The number of carbonyl (C=O) groups is 1. The van der Waals surface area contributed by atoms with E-state index in [1.807, 2.05) is 33.9 Å². The van der Waals surface area contributed by atoms with Gasteiger partial charge in [-0.05, 0) is 36.4 Å². The van der Waals surface area contributed by atoms with Crippen LogP contribution in [0.5, 0.6) is 5.75 Å². The van der Waals surface area contributed by atoms with E-state index in [1.165, 1.54) is 6.07 Å². The first kappa shape index (κ1) is 19.2. The molecule has 1 aliphatic rings. The lowest BCUT2D eigenvalue weighted by Gasteiger charge is -2.32. The molecule has 3 heterocycles. The van der Waals surface area contributed by atoms with Crippen molar-refractivity contribution in [3.63, 3.8) is 0 Å². The van der Waals surface area contributed by atoms with E-state index in [0.29, 0.717) is 36.0 Å². The van der Waals surface area contributed by atoms with Crippen LogP contribution in [-0.2, 0) is 0 Å². The van der Waals surface area contributed by atoms with Crippen LogP contribution in [0.1, 0.15) is 23.2 Å². The molecular formula is C21H22N4O3S. The van der Waals surface area contributed by atoms with Crippen LogP contribution >= 0.6 is 11.3 Å². The van der Waals surface area contributed by atoms with Gasteiger partial charge in [0.2, 0.25) is 5.95 Å². The van der Waals surface area contributed by atoms with Gasteiger partial charge in [-0.3, -0.25) is 14.6 Å². The van der Waals surface area contributed by atoms with Gasteiger partial charge in [-0.2, -0.15) is 11.3 Å². The Balaban J connectivity index is 1.40. The molecule has 3 aromatic rings. The zero-order valence-electron chi connectivity index (χ0n) is 16.1. The molecule has 1 aromatic carbocycles. The number of nitrogens with one attached hydrogen (secondary N) is 2. The number of carbonyl (C=O) groups excluding carboxylic acids is 1. The second kappa shape index (κ2) is 8.48. The fourth-order valence-electron chi connectivity index (χ4n) is 3.50. The van der Waals surface area contributed by atoms with E-state index in [2.05, 4.69) is 15.3 Å². The van der Waals surface area contributed by atoms with Gasteiger partial charge in [0.05, 0.1) is 18.4 Å². The summed E-state index contributed by atoms with van der Waals surface area (Å²) in [5.41, 5.74) is 1.98. The molecule has 1 saturated heterocycles. The van der Waals surface area contributed by atoms with E-state index < -0.39 is 0 Å². The fraction of sp³-hybridized carbons (Fsp3) is 0.286. The average molecular weight is 410 g/mol. The van der Waals surface area contributed by atoms with Crippen LogP contribution in [0.25, 0.3) is 11.3 Å². The van der Waals surface area contributed by atoms with Crippen molar-refractivity contribution in [3.8, 4) is 17.0 Å². The average Bonchev–Trinajstić information content (AvgIpc) is 3.28. The number of hydrogen-bond donors (Lipinski definition) is 2. The monoisotopic (exact) mass is 410 g/mol. The van der Waals surface area contributed by atoms with Crippen molar-refractivity contribution in [2.24, 2.45) is 0 Å². The molecule has 2 aromatic heterocycles. The Hall–Kier alpha value is -3.13.